The molecule has 5 nitrogen and oxygen atoms in total. The zero-order chi connectivity index (χ0) is 19.1. The van der Waals surface area contributed by atoms with Crippen molar-refractivity contribution in [3.8, 4) is 11.1 Å². The number of nitrogens with one attached hydrogen (secondary N) is 2. The van der Waals surface area contributed by atoms with Crippen molar-refractivity contribution in [3.63, 3.8) is 0 Å². The van der Waals surface area contributed by atoms with Gasteiger partial charge in [0.15, 0.2) is 0 Å². The SMILES string of the molecule is O=C(Nc1ccc(CNCCO)cn1)c1cccc(-c2ccccc2)c1Cl. The number of carbonyl (C=O) groups excluding carboxylic acids is 1. The Bertz CT molecular complexity index is 899. The van der Waals surface area contributed by atoms with Crippen LogP contribution in [0.1, 0.15) is 15.9 Å². The molecular formula is C21H20ClN3O2. The maximum absolute atomic E-state index is 12.6. The minimum absolute atomic E-state index is 0.0877. The molecule has 0 atom stereocenters. The van der Waals surface area contributed by atoms with Gasteiger partial charge in [-0.3, -0.25) is 4.79 Å². The smallest absolute Gasteiger partial charge is 0.258 e. The Morgan fingerprint density at radius 3 is 2.56 bits per heavy atom. The van der Waals surface area contributed by atoms with Gasteiger partial charge in [0.2, 0.25) is 0 Å². The predicted molar refractivity (Wildman–Crippen MR) is 108 cm³/mol. The molecule has 0 aliphatic rings. The van der Waals surface area contributed by atoms with Crippen molar-refractivity contribution < 1.29 is 9.90 Å². The average molecular weight is 382 g/mol. The van der Waals surface area contributed by atoms with Gasteiger partial charge in [-0.2, -0.15) is 0 Å². The summed E-state index contributed by atoms with van der Waals surface area (Å²) in [5, 5.41) is 15.0. The normalized spacial score (nSPS) is 10.6. The quantitative estimate of drug-likeness (QED) is 0.545. The van der Waals surface area contributed by atoms with Crippen LogP contribution in [-0.4, -0.2) is 29.1 Å². The highest BCUT2D eigenvalue weighted by Crippen LogP contribution is 2.30. The predicted octanol–water partition coefficient (Wildman–Crippen LogP) is 3.74. The van der Waals surface area contributed by atoms with E-state index in [0.29, 0.717) is 29.5 Å². The van der Waals surface area contributed by atoms with E-state index in [2.05, 4.69) is 15.6 Å². The Kier molecular flexibility index (Phi) is 6.54. The zero-order valence-electron chi connectivity index (χ0n) is 14.7. The molecule has 0 radical (unpaired) electrons. The molecule has 3 aromatic rings. The van der Waals surface area contributed by atoms with E-state index >= 15 is 0 Å². The van der Waals surface area contributed by atoms with Gasteiger partial charge in [0.05, 0.1) is 17.2 Å². The Morgan fingerprint density at radius 1 is 1.04 bits per heavy atom. The summed E-state index contributed by atoms with van der Waals surface area (Å²) in [7, 11) is 0. The molecule has 1 heterocycles. The van der Waals surface area contributed by atoms with E-state index in [1.807, 2.05) is 48.5 Å². The summed E-state index contributed by atoms with van der Waals surface area (Å²) < 4.78 is 0. The molecule has 6 heteroatoms. The number of aliphatic hydroxyl groups is 1. The molecule has 0 aliphatic carbocycles. The number of amides is 1. The summed E-state index contributed by atoms with van der Waals surface area (Å²) in [6, 6.07) is 18.7. The third kappa shape index (κ3) is 4.92. The van der Waals surface area contributed by atoms with Crippen LogP contribution in [0.2, 0.25) is 5.02 Å². The van der Waals surface area contributed by atoms with Gasteiger partial charge in [-0.15, -0.1) is 0 Å². The molecule has 2 aromatic carbocycles. The van der Waals surface area contributed by atoms with Crippen molar-refractivity contribution in [1.29, 1.82) is 0 Å². The summed E-state index contributed by atoms with van der Waals surface area (Å²) in [6.45, 7) is 1.21. The van der Waals surface area contributed by atoms with Crippen molar-refractivity contribution in [2.24, 2.45) is 0 Å². The second-order valence-corrected chi connectivity index (χ2v) is 6.32. The molecule has 3 N–H and O–H groups in total. The molecule has 0 unspecified atom stereocenters. The van der Waals surface area contributed by atoms with E-state index in [0.717, 1.165) is 16.7 Å². The first-order valence-electron chi connectivity index (χ1n) is 8.61. The largest absolute Gasteiger partial charge is 0.395 e. The fourth-order valence-electron chi connectivity index (χ4n) is 2.65. The van der Waals surface area contributed by atoms with Crippen LogP contribution in [0.25, 0.3) is 11.1 Å². The highest BCUT2D eigenvalue weighted by atomic mass is 35.5. The maximum Gasteiger partial charge on any atom is 0.258 e. The molecule has 1 aromatic heterocycles. The van der Waals surface area contributed by atoms with Crippen LogP contribution in [0.4, 0.5) is 5.82 Å². The van der Waals surface area contributed by atoms with Crippen molar-refractivity contribution in [2.45, 2.75) is 6.54 Å². The lowest BCUT2D eigenvalue weighted by Crippen LogP contribution is -2.18. The number of rotatable bonds is 7. The fourth-order valence-corrected chi connectivity index (χ4v) is 2.97. The van der Waals surface area contributed by atoms with Crippen molar-refractivity contribution in [1.82, 2.24) is 10.3 Å². The molecule has 1 amide bonds. The van der Waals surface area contributed by atoms with Crippen LogP contribution in [0.5, 0.6) is 0 Å². The second kappa shape index (κ2) is 9.28. The van der Waals surface area contributed by atoms with Crippen molar-refractivity contribution >= 4 is 23.3 Å². The van der Waals surface area contributed by atoms with Crippen LogP contribution in [0.15, 0.2) is 66.9 Å². The number of halogens is 1. The first-order valence-corrected chi connectivity index (χ1v) is 8.98. The van der Waals surface area contributed by atoms with Crippen molar-refractivity contribution in [3.05, 3.63) is 83.0 Å². The number of carbonyl (C=O) groups is 1. The molecule has 0 saturated heterocycles. The van der Waals surface area contributed by atoms with E-state index in [1.165, 1.54) is 0 Å². The number of pyridine rings is 1. The van der Waals surface area contributed by atoms with Gasteiger partial charge in [-0.05, 0) is 23.3 Å². The molecule has 0 bridgehead atoms. The maximum atomic E-state index is 12.6. The lowest BCUT2D eigenvalue weighted by Gasteiger charge is -2.10. The molecule has 0 saturated carbocycles. The Morgan fingerprint density at radius 2 is 1.85 bits per heavy atom. The first kappa shape index (κ1) is 19.0. The molecule has 138 valence electrons. The van der Waals surface area contributed by atoms with E-state index in [1.54, 1.807) is 18.3 Å². The van der Waals surface area contributed by atoms with Crippen LogP contribution in [0, 0.1) is 0 Å². The van der Waals surface area contributed by atoms with Gasteiger partial charge in [0.25, 0.3) is 5.91 Å². The summed E-state index contributed by atoms with van der Waals surface area (Å²) >= 11 is 6.49. The molecule has 27 heavy (non-hydrogen) atoms. The van der Waals surface area contributed by atoms with Gasteiger partial charge in [0, 0.05) is 24.8 Å². The Hall–Kier alpha value is -2.73. The van der Waals surface area contributed by atoms with E-state index in [-0.39, 0.29) is 12.5 Å². The molecule has 0 aliphatic heterocycles. The zero-order valence-corrected chi connectivity index (χ0v) is 15.4. The highest BCUT2D eigenvalue weighted by Gasteiger charge is 2.15. The monoisotopic (exact) mass is 381 g/mol. The fraction of sp³-hybridized carbons (Fsp3) is 0.143. The third-order valence-electron chi connectivity index (χ3n) is 4.01. The van der Waals surface area contributed by atoms with Gasteiger partial charge in [-0.25, -0.2) is 4.98 Å². The number of aromatic nitrogens is 1. The first-order chi connectivity index (χ1) is 13.2. The van der Waals surface area contributed by atoms with Crippen LogP contribution in [0.3, 0.4) is 0 Å². The van der Waals surface area contributed by atoms with Crippen LogP contribution >= 0.6 is 11.6 Å². The lowest BCUT2D eigenvalue weighted by molar-refractivity contribution is 0.102. The second-order valence-electron chi connectivity index (χ2n) is 5.94. The van der Waals surface area contributed by atoms with E-state index < -0.39 is 0 Å². The third-order valence-corrected chi connectivity index (χ3v) is 4.42. The molecular weight excluding hydrogens is 362 g/mol. The Labute approximate surface area is 163 Å². The number of benzene rings is 2. The summed E-state index contributed by atoms with van der Waals surface area (Å²) in [5.41, 5.74) is 3.12. The van der Waals surface area contributed by atoms with Gasteiger partial charge in [0.1, 0.15) is 5.82 Å². The Balaban J connectivity index is 1.73. The molecule has 3 rings (SSSR count). The summed E-state index contributed by atoms with van der Waals surface area (Å²) in [5.74, 6) is 0.142. The standard InChI is InChI=1S/C21H20ClN3O2/c22-20-17(16-5-2-1-3-6-16)7-4-8-18(20)21(27)25-19-10-9-15(14-24-19)13-23-11-12-26/h1-10,14,23,26H,11-13H2,(H,24,25,27). The minimum atomic E-state index is -0.309. The van der Waals surface area contributed by atoms with E-state index in [9.17, 15) is 4.79 Å². The van der Waals surface area contributed by atoms with Gasteiger partial charge in [-0.1, -0.05) is 60.1 Å². The number of hydrogen-bond donors (Lipinski definition) is 3. The van der Waals surface area contributed by atoms with E-state index in [4.69, 9.17) is 16.7 Å². The summed E-state index contributed by atoms with van der Waals surface area (Å²) in [6.07, 6.45) is 1.68. The number of nitrogens with zero attached hydrogens (tertiary/aromatic N) is 1. The lowest BCUT2D eigenvalue weighted by atomic mass is 10.0. The highest BCUT2D eigenvalue weighted by molar-refractivity contribution is 6.37. The molecule has 0 fully saturated rings. The van der Waals surface area contributed by atoms with Crippen molar-refractivity contribution in [2.75, 3.05) is 18.5 Å². The summed E-state index contributed by atoms with van der Waals surface area (Å²) in [4.78, 5) is 16.9. The number of aliphatic hydroxyl groups excluding tert-OH is 1. The topological polar surface area (TPSA) is 74.2 Å². The molecule has 0 spiro atoms. The van der Waals surface area contributed by atoms with Gasteiger partial charge < -0.3 is 15.7 Å². The van der Waals surface area contributed by atoms with Crippen LogP contribution < -0.4 is 10.6 Å². The van der Waals surface area contributed by atoms with Gasteiger partial charge >= 0.3 is 0 Å². The minimum Gasteiger partial charge on any atom is -0.395 e. The number of hydrogen-bond acceptors (Lipinski definition) is 4. The number of anilines is 1. The van der Waals surface area contributed by atoms with Crippen LogP contribution in [-0.2, 0) is 6.54 Å². The average Bonchev–Trinajstić information content (AvgIpc) is 2.70.